The normalized spacial score (nSPS) is 15.4. The second-order valence-electron chi connectivity index (χ2n) is 6.96. The van der Waals surface area contributed by atoms with Gasteiger partial charge in [0, 0.05) is 58.3 Å². The minimum Gasteiger partial charge on any atom is -0.489 e. The summed E-state index contributed by atoms with van der Waals surface area (Å²) in [5.74, 6) is 0.602. The minimum atomic E-state index is -0.103. The van der Waals surface area contributed by atoms with Crippen molar-refractivity contribution in [3.63, 3.8) is 0 Å². The number of benzene rings is 1. The molecular formula is C20H25N5O3. The lowest BCUT2D eigenvalue weighted by Gasteiger charge is -2.35. The second kappa shape index (κ2) is 8.69. The average molecular weight is 383 g/mol. The standard InChI is InChI=1S/C20H25N5O3/c1-24(2)20(27)14-4-5-18-17(10-14)25(3)16(13-28-18)11-19(26)23-7-6-15-12-21-8-9-22-15/h4-5,8-10,12,16H,6-7,11,13H2,1-3H3,(H,23,26)/t16-/m1/s1. The van der Waals surface area contributed by atoms with Crippen molar-refractivity contribution in [2.75, 3.05) is 39.2 Å². The number of nitrogens with zero attached hydrogens (tertiary/aromatic N) is 4. The van der Waals surface area contributed by atoms with Crippen molar-refractivity contribution in [1.29, 1.82) is 0 Å². The Morgan fingerprint density at radius 3 is 2.86 bits per heavy atom. The first kappa shape index (κ1) is 19.6. The molecule has 0 radical (unpaired) electrons. The molecule has 148 valence electrons. The highest BCUT2D eigenvalue weighted by Gasteiger charge is 2.27. The smallest absolute Gasteiger partial charge is 0.253 e. The van der Waals surface area contributed by atoms with Crippen molar-refractivity contribution in [3.8, 4) is 5.75 Å². The number of hydrogen-bond donors (Lipinski definition) is 1. The molecule has 0 spiro atoms. The van der Waals surface area contributed by atoms with Gasteiger partial charge in [0.15, 0.2) is 0 Å². The van der Waals surface area contributed by atoms with Gasteiger partial charge in [0.1, 0.15) is 12.4 Å². The fourth-order valence-corrected chi connectivity index (χ4v) is 3.07. The molecule has 0 saturated carbocycles. The van der Waals surface area contributed by atoms with Crippen LogP contribution in [0.25, 0.3) is 0 Å². The van der Waals surface area contributed by atoms with Gasteiger partial charge in [0.05, 0.1) is 23.8 Å². The second-order valence-corrected chi connectivity index (χ2v) is 6.96. The van der Waals surface area contributed by atoms with Crippen LogP contribution in [0.4, 0.5) is 5.69 Å². The monoisotopic (exact) mass is 383 g/mol. The van der Waals surface area contributed by atoms with E-state index in [4.69, 9.17) is 4.74 Å². The summed E-state index contributed by atoms with van der Waals surface area (Å²) in [6.07, 6.45) is 5.89. The molecular weight excluding hydrogens is 358 g/mol. The molecule has 1 aliphatic heterocycles. The Morgan fingerprint density at radius 2 is 2.14 bits per heavy atom. The van der Waals surface area contributed by atoms with E-state index in [2.05, 4.69) is 15.3 Å². The maximum absolute atomic E-state index is 12.3. The summed E-state index contributed by atoms with van der Waals surface area (Å²) in [4.78, 5) is 36.3. The van der Waals surface area contributed by atoms with Crippen LogP contribution in [-0.2, 0) is 11.2 Å². The zero-order valence-electron chi connectivity index (χ0n) is 16.4. The molecule has 1 aromatic carbocycles. The Labute approximate surface area is 164 Å². The average Bonchev–Trinajstić information content (AvgIpc) is 2.70. The Hall–Kier alpha value is -3.16. The lowest BCUT2D eigenvalue weighted by molar-refractivity contribution is -0.121. The van der Waals surface area contributed by atoms with Gasteiger partial charge in [-0.3, -0.25) is 19.6 Å². The van der Waals surface area contributed by atoms with Gasteiger partial charge in [0.25, 0.3) is 5.91 Å². The summed E-state index contributed by atoms with van der Waals surface area (Å²) in [5.41, 5.74) is 2.25. The van der Waals surface area contributed by atoms with E-state index >= 15 is 0 Å². The Morgan fingerprint density at radius 1 is 1.32 bits per heavy atom. The SMILES string of the molecule is CN(C)C(=O)c1ccc2c(c1)N(C)[C@H](CC(=O)NCCc1cnccn1)CO2. The molecule has 8 nitrogen and oxygen atoms in total. The van der Waals surface area contributed by atoms with Crippen molar-refractivity contribution in [3.05, 3.63) is 48.0 Å². The third kappa shape index (κ3) is 4.57. The van der Waals surface area contributed by atoms with Gasteiger partial charge in [-0.1, -0.05) is 0 Å². The van der Waals surface area contributed by atoms with E-state index in [0.29, 0.717) is 31.6 Å². The van der Waals surface area contributed by atoms with E-state index in [1.54, 1.807) is 44.8 Å². The summed E-state index contributed by atoms with van der Waals surface area (Å²) < 4.78 is 5.81. The molecule has 2 aromatic rings. The predicted octanol–water partition coefficient (Wildman–Crippen LogP) is 1.12. The number of fused-ring (bicyclic) bond motifs is 1. The van der Waals surface area contributed by atoms with Gasteiger partial charge in [-0.25, -0.2) is 0 Å². The summed E-state index contributed by atoms with van der Waals surface area (Å²) in [5, 5.41) is 2.92. The van der Waals surface area contributed by atoms with Crippen LogP contribution in [0, 0.1) is 0 Å². The van der Waals surface area contributed by atoms with Crippen LogP contribution in [0.2, 0.25) is 0 Å². The topological polar surface area (TPSA) is 87.7 Å². The van der Waals surface area contributed by atoms with E-state index in [0.717, 1.165) is 17.1 Å². The quantitative estimate of drug-likeness (QED) is 0.804. The van der Waals surface area contributed by atoms with Gasteiger partial charge < -0.3 is 19.9 Å². The first-order chi connectivity index (χ1) is 13.5. The zero-order chi connectivity index (χ0) is 20.1. The van der Waals surface area contributed by atoms with Crippen molar-refractivity contribution in [1.82, 2.24) is 20.2 Å². The number of ether oxygens (including phenoxy) is 1. The van der Waals surface area contributed by atoms with Crippen molar-refractivity contribution in [2.45, 2.75) is 18.9 Å². The molecule has 2 amide bonds. The number of anilines is 1. The molecule has 1 aliphatic rings. The molecule has 0 bridgehead atoms. The third-order valence-electron chi connectivity index (χ3n) is 4.71. The first-order valence-electron chi connectivity index (χ1n) is 9.18. The molecule has 2 heterocycles. The van der Waals surface area contributed by atoms with Gasteiger partial charge >= 0.3 is 0 Å². The highest BCUT2D eigenvalue weighted by atomic mass is 16.5. The lowest BCUT2D eigenvalue weighted by atomic mass is 10.1. The number of rotatable bonds is 6. The van der Waals surface area contributed by atoms with E-state index in [9.17, 15) is 9.59 Å². The van der Waals surface area contributed by atoms with Crippen molar-refractivity contribution < 1.29 is 14.3 Å². The van der Waals surface area contributed by atoms with Crippen LogP contribution >= 0.6 is 0 Å². The number of nitrogens with one attached hydrogen (secondary N) is 1. The first-order valence-corrected chi connectivity index (χ1v) is 9.18. The van der Waals surface area contributed by atoms with Gasteiger partial charge in [-0.2, -0.15) is 0 Å². The summed E-state index contributed by atoms with van der Waals surface area (Å²) in [7, 11) is 5.36. The van der Waals surface area contributed by atoms with E-state index in [-0.39, 0.29) is 17.9 Å². The molecule has 0 fully saturated rings. The fourth-order valence-electron chi connectivity index (χ4n) is 3.07. The number of carbonyl (C=O) groups is 2. The number of aromatic nitrogens is 2. The zero-order valence-corrected chi connectivity index (χ0v) is 16.4. The van der Waals surface area contributed by atoms with Crippen molar-refractivity contribution in [2.24, 2.45) is 0 Å². The number of carbonyl (C=O) groups excluding carboxylic acids is 2. The third-order valence-corrected chi connectivity index (χ3v) is 4.71. The predicted molar refractivity (Wildman–Crippen MR) is 106 cm³/mol. The lowest BCUT2D eigenvalue weighted by Crippen LogP contribution is -2.44. The molecule has 8 heteroatoms. The molecule has 0 aliphatic carbocycles. The number of likely N-dealkylation sites (N-methyl/N-ethyl adjacent to an activating group) is 1. The number of amides is 2. The Bertz CT molecular complexity index is 841. The highest BCUT2D eigenvalue weighted by Crippen LogP contribution is 2.34. The maximum Gasteiger partial charge on any atom is 0.253 e. The minimum absolute atomic E-state index is 0.0479. The van der Waals surface area contributed by atoms with Crippen LogP contribution in [-0.4, -0.2) is 67.0 Å². The molecule has 0 saturated heterocycles. The summed E-state index contributed by atoms with van der Waals surface area (Å²) in [6.45, 7) is 0.926. The molecule has 28 heavy (non-hydrogen) atoms. The van der Waals surface area contributed by atoms with Crippen LogP contribution in [0.15, 0.2) is 36.8 Å². The largest absolute Gasteiger partial charge is 0.489 e. The molecule has 1 atom stereocenters. The Balaban J connectivity index is 1.58. The van der Waals surface area contributed by atoms with Crippen LogP contribution in [0.3, 0.4) is 0 Å². The van der Waals surface area contributed by atoms with Gasteiger partial charge in [0.2, 0.25) is 5.91 Å². The van der Waals surface area contributed by atoms with Crippen LogP contribution in [0.1, 0.15) is 22.5 Å². The van der Waals surface area contributed by atoms with E-state index < -0.39 is 0 Å². The fraction of sp³-hybridized carbons (Fsp3) is 0.400. The molecule has 3 rings (SSSR count). The van der Waals surface area contributed by atoms with E-state index in [1.807, 2.05) is 18.0 Å². The Kier molecular flexibility index (Phi) is 6.08. The molecule has 1 N–H and O–H groups in total. The van der Waals surface area contributed by atoms with Crippen LogP contribution < -0.4 is 15.0 Å². The van der Waals surface area contributed by atoms with E-state index in [1.165, 1.54) is 4.90 Å². The van der Waals surface area contributed by atoms with Crippen LogP contribution in [0.5, 0.6) is 5.75 Å². The molecule has 0 unspecified atom stereocenters. The highest BCUT2D eigenvalue weighted by molar-refractivity contribution is 5.95. The summed E-state index contributed by atoms with van der Waals surface area (Å²) in [6, 6.07) is 5.28. The van der Waals surface area contributed by atoms with Crippen molar-refractivity contribution >= 4 is 17.5 Å². The number of hydrogen-bond acceptors (Lipinski definition) is 6. The van der Waals surface area contributed by atoms with Gasteiger partial charge in [-0.15, -0.1) is 0 Å². The van der Waals surface area contributed by atoms with Gasteiger partial charge in [-0.05, 0) is 18.2 Å². The summed E-state index contributed by atoms with van der Waals surface area (Å²) >= 11 is 0. The maximum atomic E-state index is 12.3. The molecule has 1 aromatic heterocycles.